The fourth-order valence-electron chi connectivity index (χ4n) is 1.32. The first kappa shape index (κ1) is 14.3. The fourth-order valence-corrected chi connectivity index (χ4v) is 1.32. The Hall–Kier alpha value is -2.74. The van der Waals surface area contributed by atoms with Crippen LogP contribution in [0.2, 0.25) is 0 Å². The predicted molar refractivity (Wildman–Crippen MR) is 73.8 cm³/mol. The van der Waals surface area contributed by atoms with Crippen molar-refractivity contribution in [2.45, 2.75) is 13.5 Å². The lowest BCUT2D eigenvalue weighted by molar-refractivity contribution is -0.384. The molecule has 0 N–H and O–H groups in total. The first-order valence-electron chi connectivity index (χ1n) is 5.63. The van der Waals surface area contributed by atoms with Crippen LogP contribution in [0.4, 0.5) is 5.69 Å². The lowest BCUT2D eigenvalue weighted by Gasteiger charge is -1.95. The Kier molecular flexibility index (Phi) is 5.70. The van der Waals surface area contributed by atoms with Gasteiger partial charge in [-0.25, -0.2) is 0 Å². The number of hydrogen-bond donors (Lipinski definition) is 0. The molecule has 1 aromatic rings. The topological polar surface area (TPSA) is 79.3 Å². The maximum atomic E-state index is 10.5. The van der Waals surface area contributed by atoms with E-state index in [0.29, 0.717) is 12.1 Å². The van der Waals surface area contributed by atoms with Crippen molar-refractivity contribution in [1.29, 1.82) is 5.26 Å². The Morgan fingerprint density at radius 3 is 2.68 bits per heavy atom. The summed E-state index contributed by atoms with van der Waals surface area (Å²) in [4.78, 5) is 14.2. The average Bonchev–Trinajstić information content (AvgIpc) is 2.42. The molecule has 0 aliphatic rings. The largest absolute Gasteiger partial charge is 0.288 e. The number of rotatable bonds is 5. The second-order valence-electron chi connectivity index (χ2n) is 3.65. The van der Waals surface area contributed by atoms with E-state index in [0.717, 1.165) is 5.56 Å². The molecule has 0 aliphatic heterocycles. The maximum Gasteiger partial charge on any atom is 0.269 e. The number of aliphatic imine (C=N–C) groups is 1. The molecule has 0 aliphatic carbocycles. The van der Waals surface area contributed by atoms with Gasteiger partial charge in [0.05, 0.1) is 23.1 Å². The van der Waals surface area contributed by atoms with E-state index in [2.05, 4.69) is 4.99 Å². The third kappa shape index (κ3) is 4.96. The molecular weight excluding hydrogens is 242 g/mol. The molecule has 0 bridgehead atoms. The summed E-state index contributed by atoms with van der Waals surface area (Å²) < 4.78 is 0. The van der Waals surface area contributed by atoms with Gasteiger partial charge in [0.2, 0.25) is 0 Å². The molecule has 1 rings (SSSR count). The Morgan fingerprint density at radius 2 is 2.16 bits per heavy atom. The molecule has 0 fully saturated rings. The Labute approximate surface area is 111 Å². The van der Waals surface area contributed by atoms with E-state index in [-0.39, 0.29) is 5.69 Å². The monoisotopic (exact) mass is 255 g/mol. The SMILES string of the molecule is C\C=C/C(C#N)=C\C=N\Cc1ccc([N+](=O)[O-])cc1. The number of nitro benzene ring substituents is 1. The molecule has 0 amide bonds. The van der Waals surface area contributed by atoms with Gasteiger partial charge in [0.25, 0.3) is 5.69 Å². The highest BCUT2D eigenvalue weighted by Gasteiger charge is 2.02. The smallest absolute Gasteiger partial charge is 0.269 e. The molecule has 0 saturated heterocycles. The predicted octanol–water partition coefficient (Wildman–Crippen LogP) is 3.19. The molecule has 0 heterocycles. The first-order valence-corrected chi connectivity index (χ1v) is 5.63. The summed E-state index contributed by atoms with van der Waals surface area (Å²) in [6.45, 7) is 2.25. The van der Waals surface area contributed by atoms with E-state index in [1.54, 1.807) is 36.6 Å². The van der Waals surface area contributed by atoms with Gasteiger partial charge in [-0.05, 0) is 24.6 Å². The van der Waals surface area contributed by atoms with Gasteiger partial charge in [-0.1, -0.05) is 18.2 Å². The van der Waals surface area contributed by atoms with Gasteiger partial charge in [-0.2, -0.15) is 5.26 Å². The zero-order valence-electron chi connectivity index (χ0n) is 10.5. The molecular formula is C14H13N3O2. The quantitative estimate of drug-likeness (QED) is 0.266. The lowest BCUT2D eigenvalue weighted by atomic mass is 10.2. The number of non-ortho nitro benzene ring substituents is 1. The number of nitro groups is 1. The normalized spacial score (nSPS) is 11.9. The Morgan fingerprint density at radius 1 is 1.47 bits per heavy atom. The number of nitrogens with zero attached hydrogens (tertiary/aromatic N) is 3. The minimum absolute atomic E-state index is 0.0625. The van der Waals surface area contributed by atoms with Crippen LogP contribution in [0.5, 0.6) is 0 Å². The molecule has 5 heteroatoms. The highest BCUT2D eigenvalue weighted by molar-refractivity contribution is 5.74. The van der Waals surface area contributed by atoms with E-state index in [1.165, 1.54) is 12.1 Å². The van der Waals surface area contributed by atoms with Crippen molar-refractivity contribution in [2.24, 2.45) is 4.99 Å². The van der Waals surface area contributed by atoms with Crippen molar-refractivity contribution in [3.8, 4) is 6.07 Å². The highest BCUT2D eigenvalue weighted by atomic mass is 16.6. The standard InChI is InChI=1S/C14H13N3O2/c1-2-3-12(10-15)8-9-16-11-13-4-6-14(7-5-13)17(18)19/h2-9H,11H2,1H3/b3-2-,12-8+,16-9+. The van der Waals surface area contributed by atoms with Crippen LogP contribution in [0.25, 0.3) is 0 Å². The minimum Gasteiger partial charge on any atom is -0.288 e. The third-order valence-electron chi connectivity index (χ3n) is 2.26. The van der Waals surface area contributed by atoms with Crippen LogP contribution in [0.3, 0.4) is 0 Å². The molecule has 0 radical (unpaired) electrons. The van der Waals surface area contributed by atoms with Crippen LogP contribution < -0.4 is 0 Å². The second-order valence-corrected chi connectivity index (χ2v) is 3.65. The van der Waals surface area contributed by atoms with E-state index in [1.807, 2.05) is 13.0 Å². The highest BCUT2D eigenvalue weighted by Crippen LogP contribution is 2.12. The molecule has 0 saturated carbocycles. The van der Waals surface area contributed by atoms with E-state index in [4.69, 9.17) is 5.26 Å². The molecule has 0 atom stereocenters. The zero-order chi connectivity index (χ0) is 14.1. The van der Waals surface area contributed by atoms with Crippen LogP contribution in [0.15, 0.2) is 53.1 Å². The summed E-state index contributed by atoms with van der Waals surface area (Å²) in [6, 6.07) is 8.25. The number of nitriles is 1. The zero-order valence-corrected chi connectivity index (χ0v) is 10.5. The summed E-state index contributed by atoms with van der Waals surface area (Å²) in [5, 5.41) is 19.2. The van der Waals surface area contributed by atoms with Crippen molar-refractivity contribution < 1.29 is 4.92 Å². The Bertz CT molecular complexity index is 563. The van der Waals surface area contributed by atoms with Crippen LogP contribution >= 0.6 is 0 Å². The summed E-state index contributed by atoms with van der Waals surface area (Å²) in [7, 11) is 0. The van der Waals surface area contributed by atoms with Crippen LogP contribution in [0, 0.1) is 21.4 Å². The van der Waals surface area contributed by atoms with Crippen LogP contribution in [0.1, 0.15) is 12.5 Å². The third-order valence-corrected chi connectivity index (χ3v) is 2.26. The summed E-state index contributed by atoms with van der Waals surface area (Å²) in [5.41, 5.74) is 1.46. The Balaban J connectivity index is 2.62. The maximum absolute atomic E-state index is 10.5. The van der Waals surface area contributed by atoms with Crippen molar-refractivity contribution >= 4 is 11.9 Å². The van der Waals surface area contributed by atoms with E-state index in [9.17, 15) is 10.1 Å². The van der Waals surface area contributed by atoms with Gasteiger partial charge in [0, 0.05) is 18.3 Å². The molecule has 19 heavy (non-hydrogen) atoms. The van der Waals surface area contributed by atoms with Crippen molar-refractivity contribution in [1.82, 2.24) is 0 Å². The van der Waals surface area contributed by atoms with Gasteiger partial charge >= 0.3 is 0 Å². The molecule has 1 aromatic carbocycles. The van der Waals surface area contributed by atoms with Crippen molar-refractivity contribution in [2.75, 3.05) is 0 Å². The first-order chi connectivity index (χ1) is 9.17. The number of benzene rings is 1. The van der Waals surface area contributed by atoms with Gasteiger partial charge < -0.3 is 0 Å². The van der Waals surface area contributed by atoms with Gasteiger partial charge in [-0.3, -0.25) is 15.1 Å². The molecule has 96 valence electrons. The van der Waals surface area contributed by atoms with Crippen LogP contribution in [-0.2, 0) is 6.54 Å². The van der Waals surface area contributed by atoms with E-state index >= 15 is 0 Å². The minimum atomic E-state index is -0.438. The summed E-state index contributed by atoms with van der Waals surface area (Å²) >= 11 is 0. The molecule has 0 aromatic heterocycles. The number of hydrogen-bond acceptors (Lipinski definition) is 4. The van der Waals surface area contributed by atoms with Crippen molar-refractivity contribution in [3.05, 3.63) is 63.7 Å². The summed E-state index contributed by atoms with van der Waals surface area (Å²) in [5.74, 6) is 0. The van der Waals surface area contributed by atoms with E-state index < -0.39 is 4.92 Å². The van der Waals surface area contributed by atoms with Gasteiger partial charge in [0.15, 0.2) is 0 Å². The number of allylic oxidation sites excluding steroid dienone is 4. The second kappa shape index (κ2) is 7.56. The van der Waals surface area contributed by atoms with Crippen molar-refractivity contribution in [3.63, 3.8) is 0 Å². The average molecular weight is 255 g/mol. The van der Waals surface area contributed by atoms with Gasteiger partial charge in [0.1, 0.15) is 0 Å². The fraction of sp³-hybridized carbons (Fsp3) is 0.143. The van der Waals surface area contributed by atoms with Crippen LogP contribution in [-0.4, -0.2) is 11.1 Å². The molecule has 0 unspecified atom stereocenters. The summed E-state index contributed by atoms with van der Waals surface area (Å²) in [6.07, 6.45) is 6.64. The molecule has 5 nitrogen and oxygen atoms in total. The molecule has 0 spiro atoms. The van der Waals surface area contributed by atoms with Gasteiger partial charge in [-0.15, -0.1) is 0 Å². The lowest BCUT2D eigenvalue weighted by Crippen LogP contribution is -1.88.